The monoisotopic (exact) mass is 259 g/mol. The van der Waals surface area contributed by atoms with Crippen LogP contribution in [0.5, 0.6) is 0 Å². The van der Waals surface area contributed by atoms with E-state index in [1.807, 2.05) is 12.1 Å². The van der Waals surface area contributed by atoms with Gasteiger partial charge in [0.25, 0.3) is 0 Å². The maximum Gasteiger partial charge on any atom is 0.228 e. The van der Waals surface area contributed by atoms with Crippen LogP contribution in [0.15, 0.2) is 23.0 Å². The minimum atomic E-state index is -0.00153. The normalized spacial score (nSPS) is 13.2. The van der Waals surface area contributed by atoms with Crippen molar-refractivity contribution in [2.24, 2.45) is 0 Å². The molecule has 19 heavy (non-hydrogen) atoms. The zero-order chi connectivity index (χ0) is 13.2. The Bertz CT molecular complexity index is 609. The largest absolute Gasteiger partial charge is 0.397 e. The first-order chi connectivity index (χ1) is 9.22. The molecule has 1 amide bonds. The van der Waals surface area contributed by atoms with Crippen LogP contribution in [0.2, 0.25) is 0 Å². The number of benzene rings is 1. The predicted molar refractivity (Wildman–Crippen MR) is 69.7 cm³/mol. The maximum absolute atomic E-state index is 11.3. The van der Waals surface area contributed by atoms with Gasteiger partial charge < -0.3 is 20.9 Å². The van der Waals surface area contributed by atoms with Gasteiger partial charge in [-0.05, 0) is 17.7 Å². The van der Waals surface area contributed by atoms with E-state index in [1.54, 1.807) is 0 Å². The summed E-state index contributed by atoms with van der Waals surface area (Å²) in [5.41, 5.74) is 9.13. The van der Waals surface area contributed by atoms with Gasteiger partial charge in [-0.25, -0.2) is 0 Å². The van der Waals surface area contributed by atoms with E-state index < -0.39 is 0 Å². The van der Waals surface area contributed by atoms with Gasteiger partial charge in [0.15, 0.2) is 5.82 Å². The summed E-state index contributed by atoms with van der Waals surface area (Å²) < 4.78 is 4.65. The molecular formula is C12H13N5O2. The molecule has 2 heterocycles. The minimum absolute atomic E-state index is 0.00153. The fraction of sp³-hybridized carbons (Fsp3) is 0.250. The first kappa shape index (κ1) is 11.5. The predicted octanol–water partition coefficient (Wildman–Crippen LogP) is 0.801. The van der Waals surface area contributed by atoms with E-state index in [4.69, 9.17) is 5.73 Å². The highest BCUT2D eigenvalue weighted by molar-refractivity contribution is 6.00. The molecule has 1 aromatic heterocycles. The molecule has 0 unspecified atom stereocenters. The molecule has 3 rings (SSSR count). The topological polar surface area (TPSA) is 106 Å². The Morgan fingerprint density at radius 1 is 1.47 bits per heavy atom. The fourth-order valence-electron chi connectivity index (χ4n) is 2.06. The molecule has 0 saturated heterocycles. The number of amides is 1. The van der Waals surface area contributed by atoms with Crippen molar-refractivity contribution in [1.82, 2.24) is 10.1 Å². The molecule has 1 aliphatic heterocycles. The third kappa shape index (κ3) is 2.35. The highest BCUT2D eigenvalue weighted by atomic mass is 16.5. The molecule has 1 aliphatic rings. The van der Waals surface area contributed by atoms with Crippen LogP contribution in [0.1, 0.15) is 11.4 Å². The summed E-state index contributed by atoms with van der Waals surface area (Å²) in [7, 11) is 0. The number of carbonyl (C=O) groups is 1. The van der Waals surface area contributed by atoms with Gasteiger partial charge in [-0.3, -0.25) is 4.79 Å². The molecular weight excluding hydrogens is 246 g/mol. The Labute approximate surface area is 109 Å². The lowest BCUT2D eigenvalue weighted by atomic mass is 10.1. The van der Waals surface area contributed by atoms with Crippen molar-refractivity contribution in [2.75, 3.05) is 22.9 Å². The Hall–Kier alpha value is -2.57. The second-order valence-electron chi connectivity index (χ2n) is 4.35. The van der Waals surface area contributed by atoms with E-state index in [1.165, 1.54) is 6.39 Å². The summed E-state index contributed by atoms with van der Waals surface area (Å²) in [5, 5.41) is 9.72. The number of nitrogens with one attached hydrogen (secondary N) is 2. The first-order valence-corrected chi connectivity index (χ1v) is 5.94. The summed E-state index contributed by atoms with van der Waals surface area (Å²) in [4.78, 5) is 15.2. The van der Waals surface area contributed by atoms with Crippen molar-refractivity contribution in [3.63, 3.8) is 0 Å². The van der Waals surface area contributed by atoms with Crippen molar-refractivity contribution in [2.45, 2.75) is 12.8 Å². The van der Waals surface area contributed by atoms with E-state index in [2.05, 4.69) is 25.3 Å². The van der Waals surface area contributed by atoms with Crippen LogP contribution in [-0.2, 0) is 17.6 Å². The number of anilines is 3. The standard InChI is InChI=1S/C12H13N5O2/c13-8-3-7-4-12(18)16-9(7)5-10(8)14-2-1-11-15-6-19-17-11/h3,5-6,14H,1-2,4,13H2,(H,16,18). The Kier molecular flexibility index (Phi) is 2.79. The number of carbonyl (C=O) groups excluding carboxylic acids is 1. The molecule has 2 aromatic rings. The van der Waals surface area contributed by atoms with Crippen LogP contribution in [0.4, 0.5) is 17.1 Å². The van der Waals surface area contributed by atoms with E-state index in [0.29, 0.717) is 30.9 Å². The Balaban J connectivity index is 1.68. The van der Waals surface area contributed by atoms with Crippen LogP contribution in [0, 0.1) is 0 Å². The summed E-state index contributed by atoms with van der Waals surface area (Å²) in [5.74, 6) is 0.638. The molecule has 0 atom stereocenters. The molecule has 7 nitrogen and oxygen atoms in total. The number of aromatic nitrogens is 2. The van der Waals surface area contributed by atoms with Gasteiger partial charge in [-0.1, -0.05) is 5.16 Å². The Morgan fingerprint density at radius 3 is 3.16 bits per heavy atom. The van der Waals surface area contributed by atoms with Gasteiger partial charge in [0, 0.05) is 18.7 Å². The number of nitrogens with two attached hydrogens (primary N) is 1. The number of hydrogen-bond acceptors (Lipinski definition) is 6. The summed E-state index contributed by atoms with van der Waals surface area (Å²) in [6, 6.07) is 3.68. The molecule has 0 fully saturated rings. The van der Waals surface area contributed by atoms with E-state index in [-0.39, 0.29) is 5.91 Å². The van der Waals surface area contributed by atoms with Crippen LogP contribution >= 0.6 is 0 Å². The SMILES string of the molecule is Nc1cc2c(cc1NCCc1ncon1)NC(=O)C2. The van der Waals surface area contributed by atoms with Gasteiger partial charge in [0.2, 0.25) is 12.3 Å². The zero-order valence-corrected chi connectivity index (χ0v) is 10.1. The van der Waals surface area contributed by atoms with Crippen LogP contribution in [0.25, 0.3) is 0 Å². The summed E-state index contributed by atoms with van der Waals surface area (Å²) >= 11 is 0. The third-order valence-corrected chi connectivity index (χ3v) is 2.97. The van der Waals surface area contributed by atoms with Crippen LogP contribution in [0.3, 0.4) is 0 Å². The summed E-state index contributed by atoms with van der Waals surface area (Å²) in [6.45, 7) is 0.635. The smallest absolute Gasteiger partial charge is 0.228 e. The average molecular weight is 259 g/mol. The highest BCUT2D eigenvalue weighted by Gasteiger charge is 2.19. The van der Waals surface area contributed by atoms with Crippen LogP contribution < -0.4 is 16.4 Å². The third-order valence-electron chi connectivity index (χ3n) is 2.97. The number of hydrogen-bond donors (Lipinski definition) is 3. The van der Waals surface area contributed by atoms with Crippen molar-refractivity contribution >= 4 is 23.0 Å². The lowest BCUT2D eigenvalue weighted by Gasteiger charge is -2.10. The highest BCUT2D eigenvalue weighted by Crippen LogP contribution is 2.31. The lowest BCUT2D eigenvalue weighted by molar-refractivity contribution is -0.115. The summed E-state index contributed by atoms with van der Waals surface area (Å²) in [6.07, 6.45) is 2.33. The molecule has 0 spiro atoms. The van der Waals surface area contributed by atoms with Crippen molar-refractivity contribution in [3.8, 4) is 0 Å². The van der Waals surface area contributed by atoms with Gasteiger partial charge in [-0.15, -0.1) is 0 Å². The second-order valence-corrected chi connectivity index (χ2v) is 4.35. The molecule has 4 N–H and O–H groups in total. The number of rotatable bonds is 4. The van der Waals surface area contributed by atoms with E-state index in [0.717, 1.165) is 16.9 Å². The van der Waals surface area contributed by atoms with Gasteiger partial charge in [0.1, 0.15) is 0 Å². The van der Waals surface area contributed by atoms with Crippen molar-refractivity contribution < 1.29 is 9.32 Å². The molecule has 98 valence electrons. The second kappa shape index (κ2) is 4.60. The first-order valence-electron chi connectivity index (χ1n) is 5.94. The number of nitrogen functional groups attached to an aromatic ring is 1. The van der Waals surface area contributed by atoms with Gasteiger partial charge in [-0.2, -0.15) is 4.98 Å². The maximum atomic E-state index is 11.3. The average Bonchev–Trinajstić information content (AvgIpc) is 2.98. The molecule has 0 saturated carbocycles. The van der Waals surface area contributed by atoms with Crippen LogP contribution in [-0.4, -0.2) is 22.6 Å². The molecule has 7 heteroatoms. The van der Waals surface area contributed by atoms with E-state index in [9.17, 15) is 4.79 Å². The number of fused-ring (bicyclic) bond motifs is 1. The number of nitrogens with zero attached hydrogens (tertiary/aromatic N) is 2. The lowest BCUT2D eigenvalue weighted by Crippen LogP contribution is -2.08. The van der Waals surface area contributed by atoms with Gasteiger partial charge in [0.05, 0.1) is 17.8 Å². The molecule has 1 aromatic carbocycles. The molecule has 0 bridgehead atoms. The molecule has 0 aliphatic carbocycles. The van der Waals surface area contributed by atoms with Gasteiger partial charge >= 0.3 is 0 Å². The Morgan fingerprint density at radius 2 is 2.37 bits per heavy atom. The quantitative estimate of drug-likeness (QED) is 0.701. The van der Waals surface area contributed by atoms with Crippen molar-refractivity contribution in [3.05, 3.63) is 29.9 Å². The minimum Gasteiger partial charge on any atom is -0.397 e. The van der Waals surface area contributed by atoms with E-state index >= 15 is 0 Å². The van der Waals surface area contributed by atoms with Crippen molar-refractivity contribution in [1.29, 1.82) is 0 Å². The molecule has 0 radical (unpaired) electrons. The fourth-order valence-corrected chi connectivity index (χ4v) is 2.06. The zero-order valence-electron chi connectivity index (χ0n) is 10.1.